The molecular formula is C27H28N8O2. The summed E-state index contributed by atoms with van der Waals surface area (Å²) in [6.45, 7) is 8.06. The van der Waals surface area contributed by atoms with Crippen LogP contribution in [0.25, 0.3) is 28.0 Å². The molecule has 5 rings (SSSR count). The Morgan fingerprint density at radius 1 is 1.08 bits per heavy atom. The zero-order chi connectivity index (χ0) is 26.3. The van der Waals surface area contributed by atoms with Gasteiger partial charge in [-0.3, -0.25) is 14.3 Å². The van der Waals surface area contributed by atoms with Crippen molar-refractivity contribution in [2.24, 2.45) is 0 Å². The number of piperazine rings is 1. The van der Waals surface area contributed by atoms with E-state index in [0.717, 1.165) is 22.3 Å². The molecule has 1 fully saturated rings. The number of rotatable bonds is 4. The summed E-state index contributed by atoms with van der Waals surface area (Å²) in [6.07, 6.45) is 8.58. The van der Waals surface area contributed by atoms with Gasteiger partial charge in [0.15, 0.2) is 5.65 Å². The lowest BCUT2D eigenvalue weighted by atomic mass is 10.0. The first-order chi connectivity index (χ1) is 17.7. The zero-order valence-corrected chi connectivity index (χ0v) is 21.2. The Hall–Kier alpha value is -4.36. The van der Waals surface area contributed by atoms with Crippen LogP contribution in [-0.4, -0.2) is 71.2 Å². The molecule has 1 N–H and O–H groups in total. The maximum Gasteiger partial charge on any atom is 0.254 e. The van der Waals surface area contributed by atoms with Gasteiger partial charge in [0.05, 0.1) is 17.0 Å². The summed E-state index contributed by atoms with van der Waals surface area (Å²) in [4.78, 5) is 34.8. The Bertz CT molecular complexity index is 1500. The molecule has 10 nitrogen and oxygen atoms in total. The average molecular weight is 497 g/mol. The summed E-state index contributed by atoms with van der Waals surface area (Å²) in [7, 11) is 0. The molecule has 5 heterocycles. The van der Waals surface area contributed by atoms with Gasteiger partial charge in [-0.15, -0.1) is 0 Å². The second kappa shape index (κ2) is 9.26. The van der Waals surface area contributed by atoms with Crippen LogP contribution in [0.3, 0.4) is 0 Å². The molecule has 1 saturated heterocycles. The van der Waals surface area contributed by atoms with Gasteiger partial charge >= 0.3 is 0 Å². The second-order valence-corrected chi connectivity index (χ2v) is 9.93. The van der Waals surface area contributed by atoms with Crippen molar-refractivity contribution >= 4 is 22.8 Å². The fourth-order valence-corrected chi connectivity index (χ4v) is 4.86. The number of carbonyl (C=O) groups excluding carboxylic acids is 1. The molecule has 4 aromatic heterocycles. The van der Waals surface area contributed by atoms with Gasteiger partial charge in [0.1, 0.15) is 23.6 Å². The van der Waals surface area contributed by atoms with E-state index in [1.54, 1.807) is 35.6 Å². The molecule has 0 unspecified atom stereocenters. The molecule has 37 heavy (non-hydrogen) atoms. The predicted octanol–water partition coefficient (Wildman–Crippen LogP) is 2.95. The minimum atomic E-state index is -1.44. The monoisotopic (exact) mass is 496 g/mol. The van der Waals surface area contributed by atoms with E-state index in [4.69, 9.17) is 4.98 Å². The summed E-state index contributed by atoms with van der Waals surface area (Å²) in [5.41, 5.74) is 1.58. The normalized spacial score (nSPS) is 18.2. The topological polar surface area (TPSA) is 124 Å². The number of carbonyl (C=O) groups is 1. The Morgan fingerprint density at radius 3 is 2.54 bits per heavy atom. The SMILES string of the molecule is C[C@@H]1CN(c2ncnc3c2c(-c2ccncc2)cn3-c2cc(C#N)ccn2)[C@@H](C)CN1C(=O)C(C)(C)O. The smallest absolute Gasteiger partial charge is 0.254 e. The molecule has 0 saturated carbocycles. The number of fused-ring (bicyclic) bond motifs is 1. The van der Waals surface area contributed by atoms with E-state index in [0.29, 0.717) is 30.1 Å². The molecule has 4 aromatic rings. The summed E-state index contributed by atoms with van der Waals surface area (Å²) in [5, 5.41) is 20.6. The van der Waals surface area contributed by atoms with Gasteiger partial charge in [-0.05, 0) is 57.5 Å². The first-order valence-corrected chi connectivity index (χ1v) is 12.1. The molecule has 1 aliphatic heterocycles. The molecule has 10 heteroatoms. The van der Waals surface area contributed by atoms with Crippen LogP contribution < -0.4 is 4.90 Å². The number of aliphatic hydroxyl groups is 1. The lowest BCUT2D eigenvalue weighted by Gasteiger charge is -2.46. The van der Waals surface area contributed by atoms with Crippen molar-refractivity contribution in [1.29, 1.82) is 5.26 Å². The number of pyridine rings is 2. The van der Waals surface area contributed by atoms with E-state index >= 15 is 0 Å². The summed E-state index contributed by atoms with van der Waals surface area (Å²) < 4.78 is 1.87. The van der Waals surface area contributed by atoms with E-state index in [1.165, 1.54) is 20.2 Å². The molecule has 2 atom stereocenters. The van der Waals surface area contributed by atoms with Crippen molar-refractivity contribution < 1.29 is 9.90 Å². The molecule has 188 valence electrons. The van der Waals surface area contributed by atoms with E-state index < -0.39 is 5.60 Å². The van der Waals surface area contributed by atoms with Gasteiger partial charge in [-0.2, -0.15) is 5.26 Å². The molecule has 1 amide bonds. The minimum absolute atomic E-state index is 0.0609. The van der Waals surface area contributed by atoms with E-state index in [2.05, 4.69) is 25.9 Å². The Morgan fingerprint density at radius 2 is 1.84 bits per heavy atom. The van der Waals surface area contributed by atoms with Crippen LogP contribution in [0, 0.1) is 11.3 Å². The van der Waals surface area contributed by atoms with Gasteiger partial charge in [0, 0.05) is 55.5 Å². The van der Waals surface area contributed by atoms with Crippen LogP contribution in [0.15, 0.2) is 55.4 Å². The second-order valence-electron chi connectivity index (χ2n) is 9.93. The number of amides is 1. The number of nitriles is 1. The molecule has 0 aromatic carbocycles. The van der Waals surface area contributed by atoms with Crippen LogP contribution in [0.5, 0.6) is 0 Å². The number of nitrogens with zero attached hydrogens (tertiary/aromatic N) is 8. The summed E-state index contributed by atoms with van der Waals surface area (Å²) in [6, 6.07) is 9.22. The first-order valence-electron chi connectivity index (χ1n) is 12.1. The van der Waals surface area contributed by atoms with E-state index in [9.17, 15) is 15.2 Å². The van der Waals surface area contributed by atoms with E-state index in [1.807, 2.05) is 36.7 Å². The molecule has 0 spiro atoms. The summed E-state index contributed by atoms with van der Waals surface area (Å²) in [5.74, 6) is 1.05. The van der Waals surface area contributed by atoms with Crippen molar-refractivity contribution in [1.82, 2.24) is 29.4 Å². The van der Waals surface area contributed by atoms with Crippen molar-refractivity contribution in [3.63, 3.8) is 0 Å². The molecular weight excluding hydrogens is 468 g/mol. The Balaban J connectivity index is 1.66. The first kappa shape index (κ1) is 24.3. The van der Waals surface area contributed by atoms with Gasteiger partial charge in [0.25, 0.3) is 5.91 Å². The Kier molecular flexibility index (Phi) is 6.09. The van der Waals surface area contributed by atoms with Gasteiger partial charge in [-0.25, -0.2) is 15.0 Å². The van der Waals surface area contributed by atoms with Crippen molar-refractivity contribution in [2.75, 3.05) is 18.0 Å². The van der Waals surface area contributed by atoms with Gasteiger partial charge < -0.3 is 14.9 Å². The predicted molar refractivity (Wildman–Crippen MR) is 139 cm³/mol. The number of hydrogen-bond donors (Lipinski definition) is 1. The molecule has 0 bridgehead atoms. The van der Waals surface area contributed by atoms with Crippen LogP contribution in [0.1, 0.15) is 33.3 Å². The third kappa shape index (κ3) is 4.38. The highest BCUT2D eigenvalue weighted by atomic mass is 16.3. The van der Waals surface area contributed by atoms with Crippen LogP contribution >= 0.6 is 0 Å². The third-order valence-corrected chi connectivity index (χ3v) is 6.72. The highest BCUT2D eigenvalue weighted by Gasteiger charge is 2.39. The highest BCUT2D eigenvalue weighted by Crippen LogP contribution is 2.38. The lowest BCUT2D eigenvalue weighted by Crippen LogP contribution is -2.61. The van der Waals surface area contributed by atoms with Crippen molar-refractivity contribution in [2.45, 2.75) is 45.4 Å². The van der Waals surface area contributed by atoms with Crippen LogP contribution in [-0.2, 0) is 4.79 Å². The quantitative estimate of drug-likeness (QED) is 0.457. The summed E-state index contributed by atoms with van der Waals surface area (Å²) >= 11 is 0. The largest absolute Gasteiger partial charge is 0.381 e. The molecule has 0 aliphatic carbocycles. The van der Waals surface area contributed by atoms with Crippen molar-refractivity contribution in [3.8, 4) is 23.0 Å². The zero-order valence-electron chi connectivity index (χ0n) is 21.2. The van der Waals surface area contributed by atoms with E-state index in [-0.39, 0.29) is 18.0 Å². The van der Waals surface area contributed by atoms with Gasteiger partial charge in [-0.1, -0.05) is 0 Å². The van der Waals surface area contributed by atoms with Crippen LogP contribution in [0.2, 0.25) is 0 Å². The number of hydrogen-bond acceptors (Lipinski definition) is 8. The fourth-order valence-electron chi connectivity index (χ4n) is 4.86. The van der Waals surface area contributed by atoms with Crippen LogP contribution in [0.4, 0.5) is 5.82 Å². The number of aromatic nitrogens is 5. The molecule has 1 aliphatic rings. The average Bonchev–Trinajstić information content (AvgIpc) is 3.29. The maximum atomic E-state index is 12.9. The standard InChI is InChI=1S/C27H28N8O2/c1-17-14-34(26(36)27(3,4)37)18(2)13-33(17)24-23-21(20-6-8-29-9-7-20)15-35(25(23)32-16-31-24)22-11-19(12-28)5-10-30-22/h5-11,15-18,37H,13-14H2,1-4H3/t17-,18+/m0/s1. The Labute approximate surface area is 214 Å². The highest BCUT2D eigenvalue weighted by molar-refractivity contribution is 6.02. The lowest BCUT2D eigenvalue weighted by molar-refractivity contribution is -0.151. The third-order valence-electron chi connectivity index (χ3n) is 6.72. The maximum absolute atomic E-state index is 12.9. The van der Waals surface area contributed by atoms with Gasteiger partial charge in [0.2, 0.25) is 0 Å². The fraction of sp³-hybridized carbons (Fsp3) is 0.333. The minimum Gasteiger partial charge on any atom is -0.381 e. The number of anilines is 1. The molecule has 0 radical (unpaired) electrons. The van der Waals surface area contributed by atoms with Crippen molar-refractivity contribution in [3.05, 3.63) is 60.9 Å².